The first-order chi connectivity index (χ1) is 19.0. The average Bonchev–Trinajstić information content (AvgIpc) is 3.52. The Morgan fingerprint density at radius 3 is 2.59 bits per heavy atom. The third-order valence-corrected chi connectivity index (χ3v) is 8.68. The van der Waals surface area contributed by atoms with Gasteiger partial charge in [-0.3, -0.25) is 9.80 Å². The van der Waals surface area contributed by atoms with Gasteiger partial charge < -0.3 is 14.4 Å². The van der Waals surface area contributed by atoms with Crippen molar-refractivity contribution in [2.24, 2.45) is 0 Å². The van der Waals surface area contributed by atoms with Crippen molar-refractivity contribution in [3.05, 3.63) is 83.3 Å². The lowest BCUT2D eigenvalue weighted by Crippen LogP contribution is -2.53. The van der Waals surface area contributed by atoms with Crippen LogP contribution in [0.5, 0.6) is 11.5 Å². The molecule has 6 rings (SSSR count). The van der Waals surface area contributed by atoms with Gasteiger partial charge in [-0.15, -0.1) is 0 Å². The molecule has 0 radical (unpaired) electrons. The van der Waals surface area contributed by atoms with Gasteiger partial charge in [0, 0.05) is 61.8 Å². The largest absolute Gasteiger partial charge is 0.497 e. The summed E-state index contributed by atoms with van der Waals surface area (Å²) in [6, 6.07) is 14.6. The number of likely N-dealkylation sites (tertiary alicyclic amines) is 1. The summed E-state index contributed by atoms with van der Waals surface area (Å²) >= 11 is 0. The molecule has 0 saturated carbocycles. The minimum atomic E-state index is -0.285. The van der Waals surface area contributed by atoms with E-state index >= 15 is 0 Å². The van der Waals surface area contributed by atoms with E-state index in [-0.39, 0.29) is 17.5 Å². The summed E-state index contributed by atoms with van der Waals surface area (Å²) in [5.41, 5.74) is 5.44. The Labute approximate surface area is 230 Å². The van der Waals surface area contributed by atoms with Crippen LogP contribution in [-0.4, -0.2) is 69.9 Å². The van der Waals surface area contributed by atoms with Crippen molar-refractivity contribution in [2.75, 3.05) is 33.9 Å². The molecule has 1 aromatic heterocycles. The third kappa shape index (κ3) is 4.27. The van der Waals surface area contributed by atoms with Gasteiger partial charge in [0.2, 0.25) is 0 Å². The molecule has 4 heterocycles. The molecule has 3 aromatic rings. The van der Waals surface area contributed by atoms with Gasteiger partial charge in [-0.05, 0) is 55.2 Å². The van der Waals surface area contributed by atoms with E-state index in [0.29, 0.717) is 13.1 Å². The second kappa shape index (κ2) is 10.1. The number of rotatable bonds is 6. The topological polar surface area (TPSA) is 63.1 Å². The normalized spacial score (nSPS) is 20.5. The first-order valence-corrected chi connectivity index (χ1v) is 13.8. The fourth-order valence-electron chi connectivity index (χ4n) is 6.82. The van der Waals surface area contributed by atoms with Crippen molar-refractivity contribution >= 4 is 6.03 Å². The number of carbonyl (C=O) groups excluding carboxylic acids is 1. The summed E-state index contributed by atoms with van der Waals surface area (Å²) < 4.78 is 13.2. The monoisotopic (exact) mass is 527 g/mol. The maximum Gasteiger partial charge on any atom is 0.325 e. The van der Waals surface area contributed by atoms with Crippen molar-refractivity contribution in [1.82, 2.24) is 24.5 Å². The number of hydrogen-bond acceptors (Lipinski definition) is 5. The van der Waals surface area contributed by atoms with E-state index in [0.717, 1.165) is 66.5 Å². The molecule has 3 aliphatic heterocycles. The Bertz CT molecular complexity index is 1390. The molecule has 0 unspecified atom stereocenters. The maximum absolute atomic E-state index is 13.9. The Kier molecular flexibility index (Phi) is 6.59. The summed E-state index contributed by atoms with van der Waals surface area (Å²) in [6.07, 6.45) is 7.92. The lowest BCUT2D eigenvalue weighted by molar-refractivity contribution is 0.0888. The van der Waals surface area contributed by atoms with Crippen LogP contribution in [0.25, 0.3) is 5.69 Å². The number of carbonyl (C=O) groups is 1. The Morgan fingerprint density at radius 1 is 1.08 bits per heavy atom. The fraction of sp³-hybridized carbons (Fsp3) is 0.419. The molecule has 0 N–H and O–H groups in total. The Hall–Kier alpha value is -3.78. The smallest absolute Gasteiger partial charge is 0.325 e. The number of aromatic nitrogens is 2. The van der Waals surface area contributed by atoms with Gasteiger partial charge >= 0.3 is 6.03 Å². The lowest BCUT2D eigenvalue weighted by Gasteiger charge is -2.44. The van der Waals surface area contributed by atoms with Crippen LogP contribution in [0.2, 0.25) is 0 Å². The number of methoxy groups -OCH3 is 2. The highest BCUT2D eigenvalue weighted by molar-refractivity contribution is 5.83. The first-order valence-electron chi connectivity index (χ1n) is 13.8. The number of nitrogens with zero attached hydrogens (tertiary/aromatic N) is 5. The highest BCUT2D eigenvalue weighted by atomic mass is 16.5. The van der Waals surface area contributed by atoms with E-state index in [1.54, 1.807) is 20.4 Å². The average molecular weight is 528 g/mol. The molecule has 2 amide bonds. The van der Waals surface area contributed by atoms with Crippen LogP contribution in [0.1, 0.15) is 49.3 Å². The summed E-state index contributed by atoms with van der Waals surface area (Å²) in [7, 11) is 3.37. The second-order valence-electron chi connectivity index (χ2n) is 10.8. The zero-order valence-electron chi connectivity index (χ0n) is 23.3. The van der Waals surface area contributed by atoms with Gasteiger partial charge in [0.1, 0.15) is 11.5 Å². The zero-order chi connectivity index (χ0) is 27.1. The minimum absolute atomic E-state index is 0.103. The minimum Gasteiger partial charge on any atom is -0.497 e. The molecular formula is C31H37N5O3. The van der Waals surface area contributed by atoms with Gasteiger partial charge in [0.15, 0.2) is 0 Å². The lowest BCUT2D eigenvalue weighted by atomic mass is 9.82. The van der Waals surface area contributed by atoms with Crippen LogP contribution in [-0.2, 0) is 13.1 Å². The molecule has 2 aromatic carbocycles. The highest BCUT2D eigenvalue weighted by Crippen LogP contribution is 2.49. The zero-order valence-corrected chi connectivity index (χ0v) is 23.3. The molecule has 8 nitrogen and oxygen atoms in total. The van der Waals surface area contributed by atoms with E-state index in [9.17, 15) is 4.79 Å². The number of fused-ring (bicyclic) bond motifs is 3. The molecule has 204 valence electrons. The van der Waals surface area contributed by atoms with Gasteiger partial charge in [-0.25, -0.2) is 9.48 Å². The van der Waals surface area contributed by atoms with Crippen LogP contribution < -0.4 is 9.47 Å². The van der Waals surface area contributed by atoms with Crippen molar-refractivity contribution < 1.29 is 14.3 Å². The van der Waals surface area contributed by atoms with Crippen LogP contribution in [0.15, 0.2) is 66.6 Å². The molecule has 1 spiro atoms. The van der Waals surface area contributed by atoms with Crippen LogP contribution in [0.3, 0.4) is 0 Å². The van der Waals surface area contributed by atoms with Crippen LogP contribution in [0, 0.1) is 0 Å². The molecule has 0 aliphatic carbocycles. The Balaban J connectivity index is 1.27. The molecule has 2 fully saturated rings. The van der Waals surface area contributed by atoms with Gasteiger partial charge in [-0.1, -0.05) is 25.1 Å². The third-order valence-electron chi connectivity index (χ3n) is 8.68. The molecule has 2 saturated heterocycles. The van der Waals surface area contributed by atoms with Crippen molar-refractivity contribution in [3.63, 3.8) is 0 Å². The number of piperidine rings is 1. The number of urea groups is 1. The van der Waals surface area contributed by atoms with E-state index in [2.05, 4.69) is 65.2 Å². The van der Waals surface area contributed by atoms with E-state index in [4.69, 9.17) is 9.47 Å². The number of likely N-dealkylation sites (N-methyl/N-ethyl adjacent to an activating group) is 1. The maximum atomic E-state index is 13.9. The van der Waals surface area contributed by atoms with E-state index in [1.807, 2.05) is 27.9 Å². The summed E-state index contributed by atoms with van der Waals surface area (Å²) in [6.45, 7) is 8.27. The summed E-state index contributed by atoms with van der Waals surface area (Å²) in [5.74, 6) is 1.68. The van der Waals surface area contributed by atoms with Gasteiger partial charge in [0.05, 0.1) is 32.0 Å². The van der Waals surface area contributed by atoms with Gasteiger partial charge in [0.25, 0.3) is 0 Å². The summed E-state index contributed by atoms with van der Waals surface area (Å²) in [4.78, 5) is 20.5. The number of amides is 2. The predicted molar refractivity (Wildman–Crippen MR) is 150 cm³/mol. The van der Waals surface area contributed by atoms with Crippen molar-refractivity contribution in [2.45, 2.75) is 51.2 Å². The highest BCUT2D eigenvalue weighted by Gasteiger charge is 2.54. The molecule has 0 bridgehead atoms. The molecule has 8 heteroatoms. The van der Waals surface area contributed by atoms with E-state index < -0.39 is 0 Å². The molecule has 39 heavy (non-hydrogen) atoms. The van der Waals surface area contributed by atoms with Crippen LogP contribution >= 0.6 is 0 Å². The van der Waals surface area contributed by atoms with E-state index in [1.165, 1.54) is 5.56 Å². The van der Waals surface area contributed by atoms with Crippen molar-refractivity contribution in [3.8, 4) is 17.2 Å². The molecular weight excluding hydrogens is 490 g/mol. The Morgan fingerprint density at radius 2 is 1.90 bits per heavy atom. The SMILES string of the molecule is CCN1C(=O)N2Cc3cc(OC)cc(OC)c3[C@@H](C)C=C2C12CCN(Cc1cccc(-n3cccn3)c1)CC2. The van der Waals surface area contributed by atoms with Crippen molar-refractivity contribution in [1.29, 1.82) is 0 Å². The second-order valence-corrected chi connectivity index (χ2v) is 10.8. The first kappa shape index (κ1) is 25.5. The number of hydrogen-bond donors (Lipinski definition) is 0. The molecule has 3 aliphatic rings. The standard InChI is InChI=1S/C31H37N5O3/c1-5-35-30(37)34-21-24-18-26(38-3)19-27(39-4)29(24)22(2)16-28(34)31(35)10-14-33(15-11-31)20-23-8-6-9-25(17-23)36-13-7-12-32-36/h6-9,12-13,16-19,22H,5,10-11,14-15,20-21H2,1-4H3/t22-/m0/s1. The number of benzene rings is 2. The van der Waals surface area contributed by atoms with Gasteiger partial charge in [-0.2, -0.15) is 5.10 Å². The molecule has 1 atom stereocenters. The number of ether oxygens (including phenoxy) is 2. The predicted octanol–water partition coefficient (Wildman–Crippen LogP) is 5.18. The fourth-order valence-corrected chi connectivity index (χ4v) is 6.82. The summed E-state index contributed by atoms with van der Waals surface area (Å²) in [5, 5.41) is 4.37. The number of allylic oxidation sites excluding steroid dienone is 1. The van der Waals surface area contributed by atoms with Crippen LogP contribution in [0.4, 0.5) is 4.79 Å². The quantitative estimate of drug-likeness (QED) is 0.442.